The second kappa shape index (κ2) is 23.2. The van der Waals surface area contributed by atoms with Crippen LogP contribution in [0, 0.1) is 22.7 Å². The van der Waals surface area contributed by atoms with Crippen LogP contribution in [0.1, 0.15) is 54.4 Å². The van der Waals surface area contributed by atoms with Crippen molar-refractivity contribution in [1.29, 1.82) is 0 Å². The van der Waals surface area contributed by atoms with E-state index < -0.39 is 123 Å². The Labute approximate surface area is 338 Å². The number of esters is 8. The Bertz CT molecular complexity index is 1450. The minimum absolute atomic E-state index is 0.0132. The quantitative estimate of drug-likeness (QED) is 0.0574. The highest BCUT2D eigenvalue weighted by Gasteiger charge is 2.43. The van der Waals surface area contributed by atoms with Crippen molar-refractivity contribution in [2.45, 2.75) is 54.4 Å². The van der Waals surface area contributed by atoms with E-state index in [-0.39, 0.29) is 46.3 Å². The summed E-state index contributed by atoms with van der Waals surface area (Å²) < 4.78 is 43.5. The van der Waals surface area contributed by atoms with Gasteiger partial charge in [0.25, 0.3) is 0 Å². The molecular weight excluding hydrogens is 760 g/mol. The SMILES string of the molecule is C=C(C)C(=O)OCC(COC(=O)C(=C)C)(COC(=O)C(=C)C)COC(=O)C1CC=CCC1C(=O)OCC(COC(=O)C(=C)C)(COC(=O)C(=C)C)COC(=O)C(=C)C. The molecule has 0 aromatic rings. The van der Waals surface area contributed by atoms with Gasteiger partial charge in [0, 0.05) is 33.4 Å². The Balaban J connectivity index is 3.48. The van der Waals surface area contributed by atoms with Crippen LogP contribution in [0.25, 0.3) is 0 Å². The molecule has 0 N–H and O–H groups in total. The summed E-state index contributed by atoms with van der Waals surface area (Å²) in [5.41, 5.74) is -3.14. The van der Waals surface area contributed by atoms with Crippen molar-refractivity contribution in [3.8, 4) is 0 Å². The average molecular weight is 815 g/mol. The molecule has 0 heterocycles. The van der Waals surface area contributed by atoms with Gasteiger partial charge in [-0.2, -0.15) is 0 Å². The van der Waals surface area contributed by atoms with Crippen LogP contribution in [-0.4, -0.2) is 101 Å². The van der Waals surface area contributed by atoms with Crippen molar-refractivity contribution in [2.24, 2.45) is 22.7 Å². The molecule has 16 heteroatoms. The first-order chi connectivity index (χ1) is 27.0. The summed E-state index contributed by atoms with van der Waals surface area (Å²) in [5, 5.41) is 0. The van der Waals surface area contributed by atoms with Crippen LogP contribution in [0.15, 0.2) is 85.1 Å². The lowest BCUT2D eigenvalue weighted by Crippen LogP contribution is -2.46. The van der Waals surface area contributed by atoms with Gasteiger partial charge in [-0.1, -0.05) is 51.6 Å². The summed E-state index contributed by atoms with van der Waals surface area (Å²) in [6, 6.07) is 0. The zero-order chi connectivity index (χ0) is 44.4. The average Bonchev–Trinajstić information content (AvgIpc) is 3.18. The first-order valence-corrected chi connectivity index (χ1v) is 17.9. The van der Waals surface area contributed by atoms with Crippen molar-refractivity contribution >= 4 is 47.8 Å². The third-order valence-electron chi connectivity index (χ3n) is 8.23. The number of hydrogen-bond donors (Lipinski definition) is 0. The van der Waals surface area contributed by atoms with E-state index in [2.05, 4.69) is 39.5 Å². The summed E-state index contributed by atoms with van der Waals surface area (Å²) in [4.78, 5) is 102. The van der Waals surface area contributed by atoms with E-state index in [0.29, 0.717) is 0 Å². The van der Waals surface area contributed by atoms with E-state index in [1.54, 1.807) is 12.2 Å². The lowest BCUT2D eigenvalue weighted by atomic mass is 9.82. The number of allylic oxidation sites excluding steroid dienone is 2. The monoisotopic (exact) mass is 814 g/mol. The second-order valence-electron chi connectivity index (χ2n) is 14.5. The van der Waals surface area contributed by atoms with E-state index in [1.165, 1.54) is 41.5 Å². The lowest BCUT2D eigenvalue weighted by molar-refractivity contribution is -0.177. The Morgan fingerprint density at radius 2 is 0.552 bits per heavy atom. The molecule has 1 rings (SSSR count). The first kappa shape index (κ1) is 50.0. The van der Waals surface area contributed by atoms with E-state index in [9.17, 15) is 38.4 Å². The predicted octanol–water partition coefficient (Wildman–Crippen LogP) is 4.34. The van der Waals surface area contributed by atoms with Gasteiger partial charge in [-0.05, 0) is 54.4 Å². The highest BCUT2D eigenvalue weighted by molar-refractivity contribution is 5.89. The molecular formula is C42H54O16. The molecule has 0 saturated carbocycles. The number of carbonyl (C=O) groups is 8. The van der Waals surface area contributed by atoms with E-state index in [1.807, 2.05) is 0 Å². The van der Waals surface area contributed by atoms with E-state index in [0.717, 1.165) is 0 Å². The molecule has 0 aliphatic heterocycles. The number of hydrogen-bond acceptors (Lipinski definition) is 16. The number of rotatable bonds is 24. The molecule has 0 radical (unpaired) electrons. The number of ether oxygens (including phenoxy) is 8. The van der Waals surface area contributed by atoms with Crippen LogP contribution >= 0.6 is 0 Å². The van der Waals surface area contributed by atoms with Gasteiger partial charge in [-0.25, -0.2) is 28.8 Å². The highest BCUT2D eigenvalue weighted by Crippen LogP contribution is 2.31. The van der Waals surface area contributed by atoms with Crippen LogP contribution in [0.3, 0.4) is 0 Å². The summed E-state index contributed by atoms with van der Waals surface area (Å²) in [7, 11) is 0. The topological polar surface area (TPSA) is 210 Å². The standard InChI is InChI=1S/C42H54O16/c1-25(2)33(43)51-17-41(18-52-34(44)26(3)4,19-53-35(45)27(5)6)23-57-39(49)31-15-13-14-16-32(31)40(50)58-24-42(20-54-36(46)28(7)8,21-55-37(47)29(9)10)22-56-38(48)30(11)12/h13-14,31-32H,1,3,5,7,9,11,15-24H2,2,4,6,8,10,12H3. The van der Waals surface area contributed by atoms with Crippen molar-refractivity contribution in [1.82, 2.24) is 0 Å². The van der Waals surface area contributed by atoms with Gasteiger partial charge in [0.05, 0.1) is 11.8 Å². The first-order valence-electron chi connectivity index (χ1n) is 17.9. The fourth-order valence-corrected chi connectivity index (χ4v) is 4.55. The highest BCUT2D eigenvalue weighted by atomic mass is 16.6. The predicted molar refractivity (Wildman–Crippen MR) is 207 cm³/mol. The summed E-state index contributed by atoms with van der Waals surface area (Å²) in [6.45, 7) is 24.9. The van der Waals surface area contributed by atoms with Gasteiger partial charge < -0.3 is 37.9 Å². The fraction of sp³-hybridized carbons (Fsp3) is 0.476. The Kier molecular flexibility index (Phi) is 20.0. The molecule has 0 spiro atoms. The van der Waals surface area contributed by atoms with Gasteiger partial charge in [0.15, 0.2) is 0 Å². The van der Waals surface area contributed by atoms with Crippen molar-refractivity contribution in [3.63, 3.8) is 0 Å². The Hall–Kier alpha value is -6.06. The van der Waals surface area contributed by atoms with Gasteiger partial charge in [0.1, 0.15) is 63.7 Å². The van der Waals surface area contributed by atoms with Gasteiger partial charge in [-0.15, -0.1) is 0 Å². The third-order valence-corrected chi connectivity index (χ3v) is 8.23. The minimum atomic E-state index is -1.65. The van der Waals surface area contributed by atoms with Gasteiger partial charge >= 0.3 is 47.8 Å². The molecule has 0 amide bonds. The van der Waals surface area contributed by atoms with E-state index >= 15 is 0 Å². The fourth-order valence-electron chi connectivity index (χ4n) is 4.55. The van der Waals surface area contributed by atoms with Crippen LogP contribution in [-0.2, 0) is 76.3 Å². The molecule has 16 nitrogen and oxygen atoms in total. The van der Waals surface area contributed by atoms with Gasteiger partial charge in [-0.3, -0.25) is 9.59 Å². The summed E-state index contributed by atoms with van der Waals surface area (Å²) in [5.74, 6) is -9.11. The van der Waals surface area contributed by atoms with Crippen LogP contribution < -0.4 is 0 Å². The molecule has 1 aliphatic rings. The zero-order valence-corrected chi connectivity index (χ0v) is 34.2. The third kappa shape index (κ3) is 16.6. The maximum atomic E-state index is 13.8. The maximum Gasteiger partial charge on any atom is 0.333 e. The molecule has 0 saturated heterocycles. The molecule has 2 atom stereocenters. The minimum Gasteiger partial charge on any atom is -0.464 e. The van der Waals surface area contributed by atoms with Crippen molar-refractivity contribution in [3.05, 3.63) is 85.1 Å². The van der Waals surface area contributed by atoms with Gasteiger partial charge in [0.2, 0.25) is 0 Å². The van der Waals surface area contributed by atoms with Crippen LogP contribution in [0.2, 0.25) is 0 Å². The summed E-state index contributed by atoms with van der Waals surface area (Å²) >= 11 is 0. The van der Waals surface area contributed by atoms with Crippen LogP contribution in [0.5, 0.6) is 0 Å². The lowest BCUT2D eigenvalue weighted by Gasteiger charge is -2.34. The Morgan fingerprint density at radius 3 is 0.724 bits per heavy atom. The Morgan fingerprint density at radius 1 is 0.379 bits per heavy atom. The van der Waals surface area contributed by atoms with Crippen molar-refractivity contribution in [2.75, 3.05) is 52.9 Å². The summed E-state index contributed by atoms with van der Waals surface area (Å²) in [6.07, 6.45) is 3.32. The molecule has 0 bridgehead atoms. The molecule has 0 aromatic heterocycles. The molecule has 2 unspecified atom stereocenters. The van der Waals surface area contributed by atoms with Crippen LogP contribution in [0.4, 0.5) is 0 Å². The molecule has 318 valence electrons. The zero-order valence-electron chi connectivity index (χ0n) is 34.2. The normalized spacial score (nSPS) is 14.7. The molecule has 0 aromatic carbocycles. The van der Waals surface area contributed by atoms with E-state index in [4.69, 9.17) is 37.9 Å². The molecule has 1 aliphatic carbocycles. The smallest absolute Gasteiger partial charge is 0.333 e. The number of carbonyl (C=O) groups excluding carboxylic acids is 8. The molecule has 0 fully saturated rings. The molecule has 58 heavy (non-hydrogen) atoms. The van der Waals surface area contributed by atoms with Crippen molar-refractivity contribution < 1.29 is 76.3 Å². The second-order valence-corrected chi connectivity index (χ2v) is 14.5. The largest absolute Gasteiger partial charge is 0.464 e. The maximum absolute atomic E-state index is 13.8.